The predicted octanol–water partition coefficient (Wildman–Crippen LogP) is 0.435. The van der Waals surface area contributed by atoms with E-state index in [-0.39, 0.29) is 33.2 Å². The average Bonchev–Trinajstić information content (AvgIpc) is 2.35. The van der Waals surface area contributed by atoms with E-state index in [1.807, 2.05) is 0 Å². The van der Waals surface area contributed by atoms with Crippen LogP contribution < -0.4 is 0 Å². The molecular formula is C11H16O6. The van der Waals surface area contributed by atoms with Crippen molar-refractivity contribution in [1.29, 1.82) is 0 Å². The lowest BCUT2D eigenvalue weighted by molar-refractivity contribution is -0.143. The Hall–Kier alpha value is -1.66. The van der Waals surface area contributed by atoms with Gasteiger partial charge in [0.2, 0.25) is 0 Å². The molecule has 0 aliphatic heterocycles. The van der Waals surface area contributed by atoms with Gasteiger partial charge in [-0.1, -0.05) is 13.2 Å². The second-order valence-corrected chi connectivity index (χ2v) is 2.68. The second kappa shape index (κ2) is 10.8. The maximum atomic E-state index is 10.6. The summed E-state index contributed by atoms with van der Waals surface area (Å²) >= 11 is 0. The van der Waals surface area contributed by atoms with E-state index in [0.29, 0.717) is 0 Å². The Labute approximate surface area is 99.8 Å². The topological polar surface area (TPSA) is 71.1 Å². The minimum atomic E-state index is -0.495. The first-order valence-electron chi connectivity index (χ1n) is 4.94. The van der Waals surface area contributed by atoms with Gasteiger partial charge in [-0.2, -0.15) is 0 Å². The van der Waals surface area contributed by atoms with Crippen LogP contribution in [0.25, 0.3) is 0 Å². The number of hydrogen-bond acceptors (Lipinski definition) is 6. The fourth-order valence-electron chi connectivity index (χ4n) is 0.697. The third-order valence-electron chi connectivity index (χ3n) is 1.44. The summed E-state index contributed by atoms with van der Waals surface area (Å²) in [6.07, 6.45) is 2.15. The molecule has 0 aromatic heterocycles. The molecular weight excluding hydrogens is 228 g/mol. The molecule has 0 heterocycles. The van der Waals surface area contributed by atoms with Gasteiger partial charge in [0.15, 0.2) is 0 Å². The number of carbonyl (C=O) groups excluding carboxylic acids is 2. The van der Waals surface area contributed by atoms with Gasteiger partial charge >= 0.3 is 11.9 Å². The molecule has 0 unspecified atom stereocenters. The minimum absolute atomic E-state index is 0.0390. The molecule has 0 amide bonds. The summed E-state index contributed by atoms with van der Waals surface area (Å²) in [5, 5.41) is 0. The van der Waals surface area contributed by atoms with Gasteiger partial charge in [-0.05, 0) is 0 Å². The molecule has 17 heavy (non-hydrogen) atoms. The summed E-state index contributed by atoms with van der Waals surface area (Å²) in [6, 6.07) is 0. The average molecular weight is 244 g/mol. The van der Waals surface area contributed by atoms with E-state index >= 15 is 0 Å². The van der Waals surface area contributed by atoms with Crippen LogP contribution >= 0.6 is 0 Å². The molecule has 0 fully saturated rings. The maximum absolute atomic E-state index is 10.6. The van der Waals surface area contributed by atoms with Gasteiger partial charge in [0.1, 0.15) is 20.0 Å². The van der Waals surface area contributed by atoms with Crippen molar-refractivity contribution in [2.24, 2.45) is 0 Å². The van der Waals surface area contributed by atoms with Gasteiger partial charge in [-0.25, -0.2) is 9.59 Å². The summed E-state index contributed by atoms with van der Waals surface area (Å²) in [5.74, 6) is -0.989. The molecule has 0 aliphatic rings. The summed E-state index contributed by atoms with van der Waals surface area (Å²) in [6.45, 7) is 7.26. The Morgan fingerprint density at radius 1 is 0.824 bits per heavy atom. The Balaban J connectivity index is 3.13. The van der Waals surface area contributed by atoms with Gasteiger partial charge in [-0.3, -0.25) is 0 Å². The quantitative estimate of drug-likeness (QED) is 0.240. The van der Waals surface area contributed by atoms with Crippen molar-refractivity contribution in [3.8, 4) is 0 Å². The second-order valence-electron chi connectivity index (χ2n) is 2.68. The third-order valence-corrected chi connectivity index (χ3v) is 1.44. The number of hydrogen-bond donors (Lipinski definition) is 0. The fraction of sp³-hybridized carbons (Fsp3) is 0.455. The van der Waals surface area contributed by atoms with Crippen molar-refractivity contribution in [3.63, 3.8) is 0 Å². The molecule has 96 valence electrons. The predicted molar refractivity (Wildman–Crippen MR) is 59.1 cm³/mol. The number of carbonyl (C=O) groups is 2. The van der Waals surface area contributed by atoms with Crippen LogP contribution in [-0.2, 0) is 28.5 Å². The normalized spacial score (nSPS) is 9.41. The smallest absolute Gasteiger partial charge is 0.330 e. The van der Waals surface area contributed by atoms with E-state index < -0.39 is 11.9 Å². The Kier molecular flexibility index (Phi) is 9.79. The Morgan fingerprint density at radius 2 is 1.24 bits per heavy atom. The molecule has 6 nitrogen and oxygen atoms in total. The van der Waals surface area contributed by atoms with E-state index in [0.717, 1.165) is 12.2 Å². The van der Waals surface area contributed by atoms with E-state index in [4.69, 9.17) is 9.47 Å². The standard InChI is InChI=1S/C11H16O6/c1-3-10(12)16-7-5-14-9-15-6-8-17-11(13)4-2/h3-4H,1-2,5-9H2. The van der Waals surface area contributed by atoms with Crippen LogP contribution in [0.2, 0.25) is 0 Å². The van der Waals surface area contributed by atoms with E-state index in [9.17, 15) is 9.59 Å². The Morgan fingerprint density at radius 3 is 1.59 bits per heavy atom. The molecule has 0 aliphatic carbocycles. The third kappa shape index (κ3) is 10.6. The lowest BCUT2D eigenvalue weighted by Crippen LogP contribution is -2.13. The highest BCUT2D eigenvalue weighted by Gasteiger charge is 1.96. The number of esters is 2. The van der Waals surface area contributed by atoms with Gasteiger partial charge in [0, 0.05) is 12.2 Å². The summed E-state index contributed by atoms with van der Waals surface area (Å²) < 4.78 is 19.2. The SMILES string of the molecule is C=CC(=O)OCCOCOCCOC(=O)C=C. The minimum Gasteiger partial charge on any atom is -0.460 e. The van der Waals surface area contributed by atoms with Crippen LogP contribution in [0.3, 0.4) is 0 Å². The van der Waals surface area contributed by atoms with Gasteiger partial charge in [0.25, 0.3) is 0 Å². The molecule has 0 radical (unpaired) electrons. The first-order chi connectivity index (χ1) is 8.20. The van der Waals surface area contributed by atoms with Crippen LogP contribution in [0, 0.1) is 0 Å². The summed E-state index contributed by atoms with van der Waals surface area (Å²) in [7, 11) is 0. The van der Waals surface area contributed by atoms with Crippen LogP contribution in [-0.4, -0.2) is 45.2 Å². The highest BCUT2D eigenvalue weighted by Crippen LogP contribution is 1.84. The van der Waals surface area contributed by atoms with Crippen LogP contribution in [0.5, 0.6) is 0 Å². The van der Waals surface area contributed by atoms with E-state index in [1.54, 1.807) is 0 Å². The molecule has 0 saturated heterocycles. The maximum Gasteiger partial charge on any atom is 0.330 e. The van der Waals surface area contributed by atoms with Crippen molar-refractivity contribution in [3.05, 3.63) is 25.3 Å². The van der Waals surface area contributed by atoms with Crippen molar-refractivity contribution in [2.45, 2.75) is 0 Å². The molecule has 0 bridgehead atoms. The van der Waals surface area contributed by atoms with Crippen molar-refractivity contribution < 1.29 is 28.5 Å². The summed E-state index contributed by atoms with van der Waals surface area (Å²) in [4.78, 5) is 21.2. The number of rotatable bonds is 10. The number of ether oxygens (including phenoxy) is 4. The molecule has 0 saturated carbocycles. The molecule has 0 aromatic carbocycles. The molecule has 0 atom stereocenters. The molecule has 0 rings (SSSR count). The van der Waals surface area contributed by atoms with Crippen LogP contribution in [0.4, 0.5) is 0 Å². The van der Waals surface area contributed by atoms with Crippen molar-refractivity contribution >= 4 is 11.9 Å². The zero-order valence-electron chi connectivity index (χ0n) is 9.55. The molecule has 6 heteroatoms. The molecule has 0 N–H and O–H groups in total. The monoisotopic (exact) mass is 244 g/mol. The highest BCUT2D eigenvalue weighted by atomic mass is 16.7. The van der Waals surface area contributed by atoms with Gasteiger partial charge < -0.3 is 18.9 Å². The first kappa shape index (κ1) is 15.3. The van der Waals surface area contributed by atoms with Crippen LogP contribution in [0.15, 0.2) is 25.3 Å². The van der Waals surface area contributed by atoms with E-state index in [2.05, 4.69) is 22.6 Å². The van der Waals surface area contributed by atoms with Crippen molar-refractivity contribution in [1.82, 2.24) is 0 Å². The van der Waals surface area contributed by atoms with Gasteiger partial charge in [0.05, 0.1) is 13.2 Å². The van der Waals surface area contributed by atoms with E-state index in [1.165, 1.54) is 0 Å². The molecule has 0 aromatic rings. The first-order valence-corrected chi connectivity index (χ1v) is 4.94. The fourth-order valence-corrected chi connectivity index (χ4v) is 0.697. The summed E-state index contributed by atoms with van der Waals surface area (Å²) in [5.41, 5.74) is 0. The highest BCUT2D eigenvalue weighted by molar-refractivity contribution is 5.81. The molecule has 0 spiro atoms. The van der Waals surface area contributed by atoms with Crippen molar-refractivity contribution in [2.75, 3.05) is 33.2 Å². The zero-order chi connectivity index (χ0) is 12.9. The van der Waals surface area contributed by atoms with Gasteiger partial charge in [-0.15, -0.1) is 0 Å². The zero-order valence-corrected chi connectivity index (χ0v) is 9.55. The Bertz CT molecular complexity index is 235. The van der Waals surface area contributed by atoms with Crippen LogP contribution in [0.1, 0.15) is 0 Å². The lowest BCUT2D eigenvalue weighted by atomic mass is 10.6. The lowest BCUT2D eigenvalue weighted by Gasteiger charge is -2.06. The largest absolute Gasteiger partial charge is 0.460 e.